The lowest BCUT2D eigenvalue weighted by Crippen LogP contribution is -2.40. The number of ether oxygens (including phenoxy) is 1. The van der Waals surface area contributed by atoms with Crippen LogP contribution in [0.25, 0.3) is 11.5 Å². The maximum atomic E-state index is 12.6. The molecule has 144 valence electrons. The van der Waals surface area contributed by atoms with Gasteiger partial charge in [0.25, 0.3) is 11.8 Å². The lowest BCUT2D eigenvalue weighted by Gasteiger charge is -2.21. The number of amides is 2. The topological polar surface area (TPSA) is 97.6 Å². The van der Waals surface area contributed by atoms with Gasteiger partial charge in [-0.2, -0.15) is 8.78 Å². The number of aromatic nitrogens is 2. The first kappa shape index (κ1) is 18.7. The molecule has 27 heavy (non-hydrogen) atoms. The molecular weight excluding hydrogens is 362 g/mol. The Morgan fingerprint density at radius 2 is 2.11 bits per heavy atom. The summed E-state index contributed by atoms with van der Waals surface area (Å²) >= 11 is 0. The van der Waals surface area contributed by atoms with E-state index in [1.807, 2.05) is 0 Å². The van der Waals surface area contributed by atoms with E-state index in [1.165, 1.54) is 11.0 Å². The number of alkyl carbamates (subject to hydrolysis) is 1. The fourth-order valence-corrected chi connectivity index (χ4v) is 2.54. The van der Waals surface area contributed by atoms with E-state index in [-0.39, 0.29) is 18.5 Å². The number of nitrogens with zero attached hydrogens (tertiary/aromatic N) is 3. The Labute approximate surface area is 153 Å². The summed E-state index contributed by atoms with van der Waals surface area (Å²) in [7, 11) is 0. The van der Waals surface area contributed by atoms with Crippen LogP contribution in [0, 0.1) is 0 Å². The van der Waals surface area contributed by atoms with Gasteiger partial charge in [0.05, 0.1) is 6.67 Å². The van der Waals surface area contributed by atoms with Crippen LogP contribution in [0.15, 0.2) is 22.6 Å². The number of hydrogen-bond acceptors (Lipinski definition) is 6. The van der Waals surface area contributed by atoms with Crippen molar-refractivity contribution in [3.05, 3.63) is 35.2 Å². The molecule has 0 bridgehead atoms. The molecule has 0 saturated heterocycles. The fraction of sp³-hybridized carbons (Fsp3) is 0.412. The number of benzene rings is 1. The number of nitrogens with one attached hydrogen (secondary N) is 1. The van der Waals surface area contributed by atoms with Crippen LogP contribution >= 0.6 is 0 Å². The van der Waals surface area contributed by atoms with E-state index in [0.29, 0.717) is 17.7 Å². The predicted octanol–water partition coefficient (Wildman–Crippen LogP) is 3.11. The molecule has 0 radical (unpaired) electrons. The minimum absolute atomic E-state index is 0.0200. The highest BCUT2D eigenvalue weighted by Gasteiger charge is 2.29. The molecule has 0 saturated carbocycles. The van der Waals surface area contributed by atoms with Gasteiger partial charge in [-0.15, -0.1) is 10.2 Å². The number of rotatable bonds is 4. The van der Waals surface area contributed by atoms with Gasteiger partial charge in [-0.3, -0.25) is 4.79 Å². The molecule has 1 aromatic heterocycles. The molecule has 0 unspecified atom stereocenters. The lowest BCUT2D eigenvalue weighted by atomic mass is 10.1. The SMILES string of the molecule is CC(C)(C)OC(=O)NCN1Cc2ccc(-c3nnc(C(F)F)o3)cc2C1=O. The number of halogens is 2. The van der Waals surface area contributed by atoms with Gasteiger partial charge < -0.3 is 19.4 Å². The Hall–Kier alpha value is -3.04. The average molecular weight is 380 g/mol. The first-order valence-corrected chi connectivity index (χ1v) is 8.15. The van der Waals surface area contributed by atoms with E-state index in [2.05, 4.69) is 15.5 Å². The number of alkyl halides is 2. The zero-order chi connectivity index (χ0) is 19.8. The monoisotopic (exact) mass is 380 g/mol. The Bertz CT molecular complexity index is 876. The van der Waals surface area contributed by atoms with E-state index in [9.17, 15) is 18.4 Å². The van der Waals surface area contributed by atoms with Crippen LogP contribution in [-0.4, -0.2) is 39.4 Å². The van der Waals surface area contributed by atoms with Crippen LogP contribution in [0.2, 0.25) is 0 Å². The smallest absolute Gasteiger partial charge is 0.409 e. The molecule has 2 amide bonds. The Morgan fingerprint density at radius 1 is 1.37 bits per heavy atom. The van der Waals surface area contributed by atoms with Crippen LogP contribution in [0.5, 0.6) is 0 Å². The molecule has 1 aromatic carbocycles. The van der Waals surface area contributed by atoms with Gasteiger partial charge in [-0.25, -0.2) is 4.79 Å². The Kier molecular flexibility index (Phi) is 4.81. The molecule has 10 heteroatoms. The molecule has 2 heterocycles. The summed E-state index contributed by atoms with van der Waals surface area (Å²) in [5.41, 5.74) is 0.847. The second-order valence-corrected chi connectivity index (χ2v) is 6.96. The molecule has 0 spiro atoms. The number of carbonyl (C=O) groups is 2. The van der Waals surface area contributed by atoms with Crippen molar-refractivity contribution in [3.63, 3.8) is 0 Å². The highest BCUT2D eigenvalue weighted by Crippen LogP contribution is 2.29. The zero-order valence-electron chi connectivity index (χ0n) is 15.0. The van der Waals surface area contributed by atoms with Gasteiger partial charge in [0.1, 0.15) is 5.60 Å². The first-order valence-electron chi connectivity index (χ1n) is 8.15. The lowest BCUT2D eigenvalue weighted by molar-refractivity contribution is 0.0482. The van der Waals surface area contributed by atoms with Gasteiger partial charge in [0.15, 0.2) is 0 Å². The summed E-state index contributed by atoms with van der Waals surface area (Å²) in [5.74, 6) is -1.18. The second kappa shape index (κ2) is 6.93. The molecule has 1 aliphatic rings. The zero-order valence-corrected chi connectivity index (χ0v) is 15.0. The quantitative estimate of drug-likeness (QED) is 0.875. The minimum atomic E-state index is -2.86. The van der Waals surface area contributed by atoms with Crippen molar-refractivity contribution >= 4 is 12.0 Å². The van der Waals surface area contributed by atoms with Crippen LogP contribution in [0.3, 0.4) is 0 Å². The van der Waals surface area contributed by atoms with Crippen molar-refractivity contribution in [3.8, 4) is 11.5 Å². The summed E-state index contributed by atoms with van der Waals surface area (Å²) in [6, 6.07) is 4.80. The Balaban J connectivity index is 1.69. The second-order valence-electron chi connectivity index (χ2n) is 6.96. The molecule has 2 aromatic rings. The van der Waals surface area contributed by atoms with Crippen LogP contribution < -0.4 is 5.32 Å². The van der Waals surface area contributed by atoms with Crippen LogP contribution in [0.4, 0.5) is 13.6 Å². The summed E-state index contributed by atoms with van der Waals surface area (Å²) in [6.07, 6.45) is -3.49. The van der Waals surface area contributed by atoms with Gasteiger partial charge in [-0.05, 0) is 38.5 Å². The van der Waals surface area contributed by atoms with Gasteiger partial charge in [0, 0.05) is 17.7 Å². The van der Waals surface area contributed by atoms with Crippen molar-refractivity contribution in [2.75, 3.05) is 6.67 Å². The van der Waals surface area contributed by atoms with E-state index < -0.39 is 24.0 Å². The molecule has 1 aliphatic heterocycles. The molecule has 1 N–H and O–H groups in total. The van der Waals surface area contributed by atoms with Crippen LogP contribution in [-0.2, 0) is 11.3 Å². The molecule has 3 rings (SSSR count). The van der Waals surface area contributed by atoms with Crippen molar-refractivity contribution in [1.29, 1.82) is 0 Å². The van der Waals surface area contributed by atoms with E-state index in [0.717, 1.165) is 5.56 Å². The van der Waals surface area contributed by atoms with E-state index in [4.69, 9.17) is 9.15 Å². The van der Waals surface area contributed by atoms with Crippen molar-refractivity contribution < 1.29 is 27.5 Å². The van der Waals surface area contributed by atoms with Crippen molar-refractivity contribution in [2.45, 2.75) is 39.3 Å². The van der Waals surface area contributed by atoms with Crippen LogP contribution in [0.1, 0.15) is 49.0 Å². The normalized spacial score (nSPS) is 13.9. The van der Waals surface area contributed by atoms with Crippen molar-refractivity contribution in [1.82, 2.24) is 20.4 Å². The molecular formula is C17H18F2N4O4. The summed E-state index contributed by atoms with van der Waals surface area (Å²) in [6.45, 7) is 5.50. The highest BCUT2D eigenvalue weighted by atomic mass is 19.3. The minimum Gasteiger partial charge on any atom is -0.444 e. The summed E-state index contributed by atoms with van der Waals surface area (Å²) in [5, 5.41) is 9.38. The summed E-state index contributed by atoms with van der Waals surface area (Å²) in [4.78, 5) is 25.7. The van der Waals surface area contributed by atoms with E-state index >= 15 is 0 Å². The number of hydrogen-bond donors (Lipinski definition) is 1. The van der Waals surface area contributed by atoms with Crippen molar-refractivity contribution in [2.24, 2.45) is 0 Å². The number of carbonyl (C=O) groups excluding carboxylic acids is 2. The third kappa shape index (κ3) is 4.21. The number of fused-ring (bicyclic) bond motifs is 1. The average Bonchev–Trinajstić information content (AvgIpc) is 3.17. The predicted molar refractivity (Wildman–Crippen MR) is 88.8 cm³/mol. The summed E-state index contributed by atoms with van der Waals surface area (Å²) < 4.78 is 35.2. The van der Waals surface area contributed by atoms with Gasteiger partial charge >= 0.3 is 12.5 Å². The fourth-order valence-electron chi connectivity index (χ4n) is 2.54. The molecule has 0 atom stereocenters. The Morgan fingerprint density at radius 3 is 2.74 bits per heavy atom. The third-order valence-corrected chi connectivity index (χ3v) is 3.68. The van der Waals surface area contributed by atoms with Gasteiger partial charge in [0.2, 0.25) is 5.89 Å². The largest absolute Gasteiger partial charge is 0.444 e. The maximum Gasteiger partial charge on any atom is 0.409 e. The van der Waals surface area contributed by atoms with Gasteiger partial charge in [-0.1, -0.05) is 6.07 Å². The molecule has 0 fully saturated rings. The first-order chi connectivity index (χ1) is 12.6. The standard InChI is InChI=1S/C17H18F2N4O4/c1-17(2,3)27-16(25)20-8-23-7-10-5-4-9(6-11(10)15(23)24)13-21-22-14(26-13)12(18)19/h4-6,12H,7-8H2,1-3H3,(H,20,25). The molecule has 0 aliphatic carbocycles. The highest BCUT2D eigenvalue weighted by molar-refractivity contribution is 5.99. The maximum absolute atomic E-state index is 12.6. The van der Waals surface area contributed by atoms with E-state index in [1.54, 1.807) is 32.9 Å². The molecule has 8 nitrogen and oxygen atoms in total. The third-order valence-electron chi connectivity index (χ3n) is 3.68.